The maximum atomic E-state index is 5.58. The van der Waals surface area contributed by atoms with Crippen molar-refractivity contribution in [2.45, 2.75) is 13.5 Å². The normalized spacial score (nSPS) is 10.4. The molecule has 0 bridgehead atoms. The van der Waals surface area contributed by atoms with Crippen LogP contribution >= 0.6 is 0 Å². The van der Waals surface area contributed by atoms with E-state index >= 15 is 0 Å². The third-order valence-corrected chi connectivity index (χ3v) is 2.27. The van der Waals surface area contributed by atoms with Gasteiger partial charge >= 0.3 is 0 Å². The molecule has 14 heavy (non-hydrogen) atoms. The Morgan fingerprint density at radius 3 is 2.93 bits per heavy atom. The topological polar surface area (TPSA) is 54.7 Å². The van der Waals surface area contributed by atoms with Crippen molar-refractivity contribution in [2.75, 3.05) is 0 Å². The monoisotopic (exact) mass is 187 g/mol. The molecule has 2 rings (SSSR count). The lowest BCUT2D eigenvalue weighted by Gasteiger charge is -2.01. The second kappa shape index (κ2) is 3.64. The smallest absolute Gasteiger partial charge is 0.0929 e. The molecule has 3 heteroatoms. The third kappa shape index (κ3) is 1.54. The molecule has 0 saturated carbocycles. The van der Waals surface area contributed by atoms with E-state index in [1.54, 1.807) is 6.33 Å². The fourth-order valence-corrected chi connectivity index (χ4v) is 1.50. The summed E-state index contributed by atoms with van der Waals surface area (Å²) in [6.07, 6.45) is 1.71. The van der Waals surface area contributed by atoms with E-state index in [2.05, 4.69) is 16.0 Å². The van der Waals surface area contributed by atoms with Crippen molar-refractivity contribution in [1.82, 2.24) is 9.97 Å². The van der Waals surface area contributed by atoms with E-state index in [0.717, 1.165) is 22.5 Å². The summed E-state index contributed by atoms with van der Waals surface area (Å²) in [5, 5.41) is 0. The Morgan fingerprint density at radius 1 is 1.43 bits per heavy atom. The minimum Gasteiger partial charge on any atom is -0.348 e. The molecule has 0 aliphatic heterocycles. The molecule has 0 aliphatic rings. The summed E-state index contributed by atoms with van der Waals surface area (Å²) in [5.74, 6) is 0. The first-order chi connectivity index (χ1) is 6.81. The first-order valence-corrected chi connectivity index (χ1v) is 4.60. The predicted octanol–water partition coefficient (Wildman–Crippen LogP) is 1.84. The number of hydrogen-bond donors (Lipinski definition) is 2. The van der Waals surface area contributed by atoms with Gasteiger partial charge in [0.15, 0.2) is 0 Å². The van der Waals surface area contributed by atoms with Crippen molar-refractivity contribution in [3.63, 3.8) is 0 Å². The molecule has 0 saturated heterocycles. The van der Waals surface area contributed by atoms with Gasteiger partial charge in [-0.25, -0.2) is 4.98 Å². The molecule has 3 nitrogen and oxygen atoms in total. The van der Waals surface area contributed by atoms with Crippen LogP contribution in [0, 0.1) is 6.92 Å². The number of nitrogens with one attached hydrogen (secondary N) is 1. The van der Waals surface area contributed by atoms with Crippen LogP contribution in [0.1, 0.15) is 11.3 Å². The van der Waals surface area contributed by atoms with Crippen LogP contribution < -0.4 is 5.73 Å². The zero-order chi connectivity index (χ0) is 9.97. The number of rotatable bonds is 2. The van der Waals surface area contributed by atoms with Crippen molar-refractivity contribution < 1.29 is 0 Å². The molecule has 0 unspecified atom stereocenters. The van der Waals surface area contributed by atoms with E-state index in [4.69, 9.17) is 5.73 Å². The molecule has 0 spiro atoms. The maximum absolute atomic E-state index is 5.58. The number of aromatic amines is 1. The lowest BCUT2D eigenvalue weighted by molar-refractivity contribution is 1.07. The number of hydrogen-bond acceptors (Lipinski definition) is 2. The number of H-pyrrole nitrogens is 1. The molecular weight excluding hydrogens is 174 g/mol. The summed E-state index contributed by atoms with van der Waals surface area (Å²) in [4.78, 5) is 7.33. The minimum atomic E-state index is 0.567. The highest BCUT2D eigenvalue weighted by Crippen LogP contribution is 2.20. The number of benzene rings is 1. The zero-order valence-electron chi connectivity index (χ0n) is 8.12. The van der Waals surface area contributed by atoms with Crippen molar-refractivity contribution >= 4 is 0 Å². The largest absolute Gasteiger partial charge is 0.348 e. The van der Waals surface area contributed by atoms with Gasteiger partial charge in [0, 0.05) is 17.8 Å². The predicted molar refractivity (Wildman–Crippen MR) is 56.7 cm³/mol. The van der Waals surface area contributed by atoms with Crippen molar-refractivity contribution in [3.8, 4) is 11.3 Å². The van der Waals surface area contributed by atoms with E-state index < -0.39 is 0 Å². The van der Waals surface area contributed by atoms with Crippen LogP contribution in [-0.4, -0.2) is 9.97 Å². The van der Waals surface area contributed by atoms with Crippen LogP contribution in [0.4, 0.5) is 0 Å². The van der Waals surface area contributed by atoms with Crippen molar-refractivity contribution in [2.24, 2.45) is 5.73 Å². The van der Waals surface area contributed by atoms with Gasteiger partial charge in [-0.2, -0.15) is 0 Å². The van der Waals surface area contributed by atoms with Gasteiger partial charge in [0.1, 0.15) is 0 Å². The fraction of sp³-hybridized carbons (Fsp3) is 0.182. The number of nitrogens with zero attached hydrogens (tertiary/aromatic N) is 1. The van der Waals surface area contributed by atoms with E-state index in [0.29, 0.717) is 6.54 Å². The Bertz CT molecular complexity index is 432. The summed E-state index contributed by atoms with van der Waals surface area (Å²) in [6, 6.07) is 8.14. The lowest BCUT2D eigenvalue weighted by Crippen LogP contribution is -1.96. The molecule has 2 aromatic rings. The summed E-state index contributed by atoms with van der Waals surface area (Å²) in [6.45, 7) is 2.58. The highest BCUT2D eigenvalue weighted by molar-refractivity contribution is 5.62. The molecule has 1 aromatic heterocycles. The molecule has 0 aliphatic carbocycles. The number of aryl methyl sites for hydroxylation is 1. The van der Waals surface area contributed by atoms with Gasteiger partial charge in [0.25, 0.3) is 0 Å². The first-order valence-electron chi connectivity index (χ1n) is 4.60. The summed E-state index contributed by atoms with van der Waals surface area (Å²) in [5.41, 5.74) is 9.91. The van der Waals surface area contributed by atoms with Gasteiger partial charge in [-0.05, 0) is 18.6 Å². The van der Waals surface area contributed by atoms with Crippen LogP contribution in [0.2, 0.25) is 0 Å². The SMILES string of the molecule is Cc1[nH]cnc1-c1cccc(CN)c1. The van der Waals surface area contributed by atoms with Gasteiger partial charge in [-0.1, -0.05) is 18.2 Å². The Labute approximate surface area is 83.0 Å². The van der Waals surface area contributed by atoms with Crippen molar-refractivity contribution in [1.29, 1.82) is 0 Å². The Hall–Kier alpha value is -1.61. The van der Waals surface area contributed by atoms with Crippen LogP contribution in [-0.2, 0) is 6.54 Å². The second-order valence-electron chi connectivity index (χ2n) is 3.28. The number of nitrogens with two attached hydrogens (primary N) is 1. The Kier molecular flexibility index (Phi) is 2.33. The first kappa shape index (κ1) is 8.97. The minimum absolute atomic E-state index is 0.567. The fourth-order valence-electron chi connectivity index (χ4n) is 1.50. The number of imidazole rings is 1. The quantitative estimate of drug-likeness (QED) is 0.753. The zero-order valence-corrected chi connectivity index (χ0v) is 8.12. The second-order valence-corrected chi connectivity index (χ2v) is 3.28. The van der Waals surface area contributed by atoms with E-state index in [-0.39, 0.29) is 0 Å². The molecule has 0 radical (unpaired) electrons. The molecule has 1 heterocycles. The van der Waals surface area contributed by atoms with Crippen LogP contribution in [0.25, 0.3) is 11.3 Å². The molecule has 0 atom stereocenters. The molecule has 0 fully saturated rings. The Balaban J connectivity index is 2.47. The Morgan fingerprint density at radius 2 is 2.29 bits per heavy atom. The average molecular weight is 187 g/mol. The van der Waals surface area contributed by atoms with E-state index in [1.807, 2.05) is 25.1 Å². The molecular formula is C11H13N3. The standard InChI is InChI=1S/C11H13N3/c1-8-11(14-7-13-8)10-4-2-3-9(5-10)6-12/h2-5,7H,6,12H2,1H3,(H,13,14). The molecule has 3 N–H and O–H groups in total. The van der Waals surface area contributed by atoms with Gasteiger partial charge in [-0.15, -0.1) is 0 Å². The van der Waals surface area contributed by atoms with Gasteiger partial charge in [-0.3, -0.25) is 0 Å². The third-order valence-electron chi connectivity index (χ3n) is 2.27. The van der Waals surface area contributed by atoms with Crippen LogP contribution in [0.15, 0.2) is 30.6 Å². The van der Waals surface area contributed by atoms with Gasteiger partial charge in [0.05, 0.1) is 12.0 Å². The highest BCUT2D eigenvalue weighted by atomic mass is 14.9. The van der Waals surface area contributed by atoms with Crippen molar-refractivity contribution in [3.05, 3.63) is 41.9 Å². The van der Waals surface area contributed by atoms with Crippen LogP contribution in [0.3, 0.4) is 0 Å². The molecule has 72 valence electrons. The molecule has 0 amide bonds. The maximum Gasteiger partial charge on any atom is 0.0929 e. The molecule has 1 aromatic carbocycles. The van der Waals surface area contributed by atoms with Gasteiger partial charge in [0.2, 0.25) is 0 Å². The van der Waals surface area contributed by atoms with E-state index in [1.165, 1.54) is 0 Å². The summed E-state index contributed by atoms with van der Waals surface area (Å²) in [7, 11) is 0. The van der Waals surface area contributed by atoms with E-state index in [9.17, 15) is 0 Å². The van der Waals surface area contributed by atoms with Crippen LogP contribution in [0.5, 0.6) is 0 Å². The highest BCUT2D eigenvalue weighted by Gasteiger charge is 2.03. The summed E-state index contributed by atoms with van der Waals surface area (Å²) < 4.78 is 0. The summed E-state index contributed by atoms with van der Waals surface area (Å²) >= 11 is 0. The number of aromatic nitrogens is 2. The lowest BCUT2D eigenvalue weighted by atomic mass is 10.1. The van der Waals surface area contributed by atoms with Gasteiger partial charge < -0.3 is 10.7 Å². The average Bonchev–Trinajstić information content (AvgIpc) is 2.65.